The van der Waals surface area contributed by atoms with Gasteiger partial charge in [0.05, 0.1) is 5.56 Å². The van der Waals surface area contributed by atoms with Crippen molar-refractivity contribution in [2.75, 3.05) is 11.9 Å². The molecule has 0 bridgehead atoms. The predicted octanol–water partition coefficient (Wildman–Crippen LogP) is 3.21. The molecule has 0 aliphatic heterocycles. The van der Waals surface area contributed by atoms with Gasteiger partial charge in [0.15, 0.2) is 5.82 Å². The maximum Gasteiger partial charge on any atom is 0.165 e. The van der Waals surface area contributed by atoms with E-state index < -0.39 is 0 Å². The number of anilines is 1. The molecule has 0 amide bonds. The number of phenols is 1. The topological polar surface area (TPSA) is 84.1 Å². The fourth-order valence-corrected chi connectivity index (χ4v) is 2.13. The van der Waals surface area contributed by atoms with Gasteiger partial charge in [-0.3, -0.25) is 0 Å². The summed E-state index contributed by atoms with van der Waals surface area (Å²) in [6.45, 7) is 4.70. The number of aromatic nitrogens is 2. The summed E-state index contributed by atoms with van der Waals surface area (Å²) in [5, 5.41) is 13.8. The molecule has 6 heteroatoms. The first kappa shape index (κ1) is 16.5. The van der Waals surface area contributed by atoms with Gasteiger partial charge in [-0.15, -0.1) is 0 Å². The van der Waals surface area contributed by atoms with Crippen molar-refractivity contribution in [2.45, 2.75) is 32.7 Å². The van der Waals surface area contributed by atoms with Crippen LogP contribution >= 0.6 is 11.6 Å². The number of aromatic hydroxyl groups is 1. The predicted molar refractivity (Wildman–Crippen MR) is 90.3 cm³/mol. The lowest BCUT2D eigenvalue weighted by atomic mass is 10.1. The van der Waals surface area contributed by atoms with Crippen molar-refractivity contribution in [3.05, 3.63) is 35.0 Å². The highest BCUT2D eigenvalue weighted by atomic mass is 35.5. The number of nitrogens with two attached hydrogens (primary N) is 1. The van der Waals surface area contributed by atoms with Gasteiger partial charge in [0.2, 0.25) is 0 Å². The third-order valence-corrected chi connectivity index (χ3v) is 3.65. The number of aryl methyl sites for hydroxylation is 1. The van der Waals surface area contributed by atoms with E-state index >= 15 is 0 Å². The molecule has 0 saturated carbocycles. The van der Waals surface area contributed by atoms with E-state index in [0.717, 1.165) is 18.5 Å². The van der Waals surface area contributed by atoms with Crippen molar-refractivity contribution in [3.63, 3.8) is 0 Å². The zero-order valence-electron chi connectivity index (χ0n) is 12.8. The van der Waals surface area contributed by atoms with E-state index in [0.29, 0.717) is 28.8 Å². The quantitative estimate of drug-likeness (QED) is 0.761. The lowest BCUT2D eigenvalue weighted by Gasteiger charge is -2.13. The molecular formula is C16H21ClN4O. The molecule has 1 aromatic heterocycles. The van der Waals surface area contributed by atoms with Gasteiger partial charge in [0.1, 0.15) is 11.6 Å². The Morgan fingerprint density at radius 3 is 2.73 bits per heavy atom. The molecule has 118 valence electrons. The number of nitrogens with zero attached hydrogens (tertiary/aromatic N) is 2. The zero-order chi connectivity index (χ0) is 16.1. The normalized spacial score (nSPS) is 12.2. The number of halogens is 1. The average Bonchev–Trinajstić information content (AvgIpc) is 2.54. The van der Waals surface area contributed by atoms with Crippen molar-refractivity contribution in [1.82, 2.24) is 9.97 Å². The summed E-state index contributed by atoms with van der Waals surface area (Å²) in [7, 11) is 0. The molecule has 2 rings (SSSR count). The Morgan fingerprint density at radius 1 is 1.27 bits per heavy atom. The number of nitrogens with one attached hydrogen (secondary N) is 1. The molecule has 1 heterocycles. The highest BCUT2D eigenvalue weighted by Gasteiger charge is 2.11. The summed E-state index contributed by atoms with van der Waals surface area (Å²) in [6.07, 6.45) is 1.66. The molecule has 0 fully saturated rings. The van der Waals surface area contributed by atoms with Crippen LogP contribution in [0.15, 0.2) is 24.3 Å². The summed E-state index contributed by atoms with van der Waals surface area (Å²) in [5.41, 5.74) is 7.33. The Bertz CT molecular complexity index is 648. The molecule has 5 nitrogen and oxygen atoms in total. The van der Waals surface area contributed by atoms with Gasteiger partial charge in [0, 0.05) is 29.4 Å². The molecule has 0 aliphatic rings. The Kier molecular flexibility index (Phi) is 5.57. The van der Waals surface area contributed by atoms with E-state index in [4.69, 9.17) is 17.3 Å². The zero-order valence-corrected chi connectivity index (χ0v) is 13.6. The van der Waals surface area contributed by atoms with E-state index in [1.54, 1.807) is 18.2 Å². The minimum atomic E-state index is 0.0723. The van der Waals surface area contributed by atoms with Crippen LogP contribution in [0.4, 0.5) is 5.82 Å². The smallest absolute Gasteiger partial charge is 0.165 e. The van der Waals surface area contributed by atoms with Gasteiger partial charge in [-0.2, -0.15) is 0 Å². The molecule has 22 heavy (non-hydrogen) atoms. The Morgan fingerprint density at radius 2 is 2.05 bits per heavy atom. The Hall–Kier alpha value is -1.85. The van der Waals surface area contributed by atoms with E-state index in [1.807, 2.05) is 19.9 Å². The summed E-state index contributed by atoms with van der Waals surface area (Å²) in [5.74, 6) is 1.26. The van der Waals surface area contributed by atoms with E-state index in [2.05, 4.69) is 15.3 Å². The van der Waals surface area contributed by atoms with Crippen LogP contribution in [0, 0.1) is 0 Å². The molecule has 0 unspecified atom stereocenters. The molecular weight excluding hydrogens is 300 g/mol. The molecule has 0 saturated heterocycles. The number of benzene rings is 1. The van der Waals surface area contributed by atoms with E-state index in [9.17, 15) is 5.11 Å². The van der Waals surface area contributed by atoms with Crippen LogP contribution < -0.4 is 11.1 Å². The molecule has 0 radical (unpaired) electrons. The first-order chi connectivity index (χ1) is 10.5. The summed E-state index contributed by atoms with van der Waals surface area (Å²) < 4.78 is 0. The van der Waals surface area contributed by atoms with Crippen molar-refractivity contribution in [1.29, 1.82) is 0 Å². The maximum absolute atomic E-state index is 10.0. The van der Waals surface area contributed by atoms with Gasteiger partial charge in [0.25, 0.3) is 0 Å². The Balaban J connectivity index is 2.36. The summed E-state index contributed by atoms with van der Waals surface area (Å²) in [4.78, 5) is 8.93. The first-order valence-corrected chi connectivity index (χ1v) is 7.77. The SMILES string of the molecule is CCc1cc(NC[C@@H](N)CC)nc(-c2cc(Cl)ccc2O)n1. The largest absolute Gasteiger partial charge is 0.507 e. The minimum absolute atomic E-state index is 0.0723. The van der Waals surface area contributed by atoms with Gasteiger partial charge in [-0.1, -0.05) is 25.4 Å². The van der Waals surface area contributed by atoms with Gasteiger partial charge in [-0.05, 0) is 31.0 Å². The van der Waals surface area contributed by atoms with Crippen molar-refractivity contribution in [2.24, 2.45) is 5.73 Å². The first-order valence-electron chi connectivity index (χ1n) is 7.39. The average molecular weight is 321 g/mol. The van der Waals surface area contributed by atoms with Gasteiger partial charge >= 0.3 is 0 Å². The number of hydrogen-bond donors (Lipinski definition) is 3. The fraction of sp³-hybridized carbons (Fsp3) is 0.375. The molecule has 1 aromatic carbocycles. The maximum atomic E-state index is 10.0. The van der Waals surface area contributed by atoms with Crippen LogP contribution in [-0.2, 0) is 6.42 Å². The lowest BCUT2D eigenvalue weighted by molar-refractivity contribution is 0.477. The third-order valence-electron chi connectivity index (χ3n) is 3.41. The van der Waals surface area contributed by atoms with Crippen molar-refractivity contribution < 1.29 is 5.11 Å². The molecule has 4 N–H and O–H groups in total. The van der Waals surface area contributed by atoms with Crippen LogP contribution in [-0.4, -0.2) is 27.7 Å². The minimum Gasteiger partial charge on any atom is -0.507 e. The Labute approximate surface area is 135 Å². The third kappa shape index (κ3) is 4.08. The van der Waals surface area contributed by atoms with E-state index in [1.165, 1.54) is 0 Å². The second kappa shape index (κ2) is 7.42. The van der Waals surface area contributed by atoms with Gasteiger partial charge in [-0.25, -0.2) is 9.97 Å². The molecule has 0 spiro atoms. The fourth-order valence-electron chi connectivity index (χ4n) is 1.96. The highest BCUT2D eigenvalue weighted by Crippen LogP contribution is 2.30. The van der Waals surface area contributed by atoms with Crippen LogP contribution in [0.5, 0.6) is 5.75 Å². The lowest BCUT2D eigenvalue weighted by Crippen LogP contribution is -2.28. The molecule has 1 atom stereocenters. The van der Waals surface area contributed by atoms with Crippen LogP contribution in [0.1, 0.15) is 26.0 Å². The molecule has 2 aromatic rings. The van der Waals surface area contributed by atoms with Crippen LogP contribution in [0.25, 0.3) is 11.4 Å². The number of rotatable bonds is 6. The second-order valence-corrected chi connectivity index (χ2v) is 5.57. The standard InChI is InChI=1S/C16H21ClN4O/c1-3-11(18)9-19-15-8-12(4-2)20-16(21-15)13-7-10(17)5-6-14(13)22/h5-8,11,22H,3-4,9,18H2,1-2H3,(H,19,20,21)/t11-/m0/s1. The van der Waals surface area contributed by atoms with Crippen molar-refractivity contribution >= 4 is 17.4 Å². The highest BCUT2D eigenvalue weighted by molar-refractivity contribution is 6.30. The second-order valence-electron chi connectivity index (χ2n) is 5.13. The summed E-state index contributed by atoms with van der Waals surface area (Å²) >= 11 is 6.00. The summed E-state index contributed by atoms with van der Waals surface area (Å²) in [6, 6.07) is 6.80. The van der Waals surface area contributed by atoms with E-state index in [-0.39, 0.29) is 11.8 Å². The number of phenolic OH excluding ortho intramolecular Hbond substituents is 1. The molecule has 0 aliphatic carbocycles. The number of hydrogen-bond acceptors (Lipinski definition) is 5. The monoisotopic (exact) mass is 320 g/mol. The van der Waals surface area contributed by atoms with Crippen LogP contribution in [0.2, 0.25) is 5.02 Å². The van der Waals surface area contributed by atoms with Crippen molar-refractivity contribution in [3.8, 4) is 17.1 Å². The van der Waals surface area contributed by atoms with Crippen LogP contribution in [0.3, 0.4) is 0 Å². The van der Waals surface area contributed by atoms with Gasteiger partial charge < -0.3 is 16.2 Å².